The summed E-state index contributed by atoms with van der Waals surface area (Å²) in [6.45, 7) is 12.6. The summed E-state index contributed by atoms with van der Waals surface area (Å²) in [4.78, 5) is 145. The number of carboxylic acids is 2. The van der Waals surface area contributed by atoms with Crippen LogP contribution in [0.4, 0.5) is 0 Å². The molecule has 12 rings (SSSR count). The Morgan fingerprint density at radius 3 is 1.29 bits per heavy atom. The van der Waals surface area contributed by atoms with Gasteiger partial charge in [-0.05, 0) is 91.6 Å². The van der Waals surface area contributed by atoms with Crippen LogP contribution in [0.15, 0.2) is 122 Å². The third kappa shape index (κ3) is 20.3. The standard InChI is InChI=1S/C73H93N15O14/c1-9-44(6)64(89)77-58(28-42(2)3)70(95)85-38-52-34-62(85)68(93)75-56(30-46-16-12-10-13-17-46)66(91)79-60(72(97)98)32-48-22-26-55(27-23-48)102-41-51-37-88(84-82-51)53-35-63(86(39-53)71(96)59(29-43(4)5)78-65(90)45(7)74-8)69(94)76-57(31-47-18-14-11-15-19-47)67(92)80-61(73(99)100)33-49-20-24-54(25-21-49)101-40-50-36-87(52)83-81-50/h10-27,36-37,42-45,52-53,56-63,74H,9,28-35,38-41H2,1-8H3,(H,75,93)(H,76,94)(H,77,89)(H,78,90)(H,79,91)(H,80,92)(H,97,98)(H,99,100)/t44-,45+,52+,53+,56+,57+,58+,59+,60+,61+,62+,63+/m1/s1. The number of hydrogen-bond donors (Lipinski definition) is 9. The van der Waals surface area contributed by atoms with Crippen LogP contribution in [0.3, 0.4) is 0 Å². The van der Waals surface area contributed by atoms with Crippen LogP contribution >= 0.6 is 0 Å². The molecule has 12 atom stereocenters. The van der Waals surface area contributed by atoms with Gasteiger partial charge in [-0.1, -0.05) is 137 Å². The fourth-order valence-electron chi connectivity index (χ4n) is 12.7. The van der Waals surface area contributed by atoms with Crippen LogP contribution in [0.2, 0.25) is 0 Å². The van der Waals surface area contributed by atoms with Crippen LogP contribution in [0.25, 0.3) is 0 Å². The zero-order valence-electron chi connectivity index (χ0n) is 58.7. The molecule has 0 saturated carbocycles. The average molecular weight is 1400 g/mol. The largest absolute Gasteiger partial charge is 0.487 e. The van der Waals surface area contributed by atoms with Crippen molar-refractivity contribution in [1.29, 1.82) is 0 Å². The van der Waals surface area contributed by atoms with Crippen molar-refractivity contribution < 1.29 is 67.6 Å². The molecule has 2 fully saturated rings. The minimum Gasteiger partial charge on any atom is -0.487 e. The van der Waals surface area contributed by atoms with Gasteiger partial charge in [-0.15, -0.1) is 10.2 Å². The molecular formula is C73H93N15O14. The number of likely N-dealkylation sites (N-methyl/N-ethyl adjacent to an activating group) is 1. The number of benzene rings is 4. The lowest BCUT2D eigenvalue weighted by Gasteiger charge is -2.31. The zero-order valence-corrected chi connectivity index (χ0v) is 58.7. The maximum atomic E-state index is 15.0. The fraction of sp³-hybridized carbons (Fsp3) is 0.479. The first-order chi connectivity index (χ1) is 48.8. The molecule has 544 valence electrons. The molecule has 0 unspecified atom stereocenters. The molecule has 0 radical (unpaired) electrons. The van der Waals surface area contributed by atoms with Gasteiger partial charge in [0, 0.05) is 57.5 Å². The van der Waals surface area contributed by atoms with E-state index in [9.17, 15) is 48.6 Å². The Morgan fingerprint density at radius 1 is 0.539 bits per heavy atom. The molecule has 6 aromatic rings. The van der Waals surface area contributed by atoms with E-state index in [1.807, 2.05) is 34.6 Å². The van der Waals surface area contributed by atoms with E-state index in [1.54, 1.807) is 142 Å². The van der Waals surface area contributed by atoms with Gasteiger partial charge in [0.1, 0.15) is 84.4 Å². The molecule has 0 aliphatic carbocycles. The van der Waals surface area contributed by atoms with E-state index >= 15 is 9.59 Å². The number of likely N-dealkylation sites (tertiary alicyclic amines) is 2. The summed E-state index contributed by atoms with van der Waals surface area (Å²) in [5, 5.41) is 58.5. The van der Waals surface area contributed by atoms with Crippen molar-refractivity contribution >= 4 is 59.2 Å². The summed E-state index contributed by atoms with van der Waals surface area (Å²) < 4.78 is 15.3. The molecule has 8 amide bonds. The molecule has 0 spiro atoms. The number of aromatic nitrogens is 6. The highest BCUT2D eigenvalue weighted by molar-refractivity contribution is 5.97. The number of nitrogens with zero attached hydrogens (tertiary/aromatic N) is 8. The molecule has 29 heteroatoms. The Kier molecular flexibility index (Phi) is 26.1. The molecule has 102 heavy (non-hydrogen) atoms. The summed E-state index contributed by atoms with van der Waals surface area (Å²) in [6.07, 6.45) is 3.70. The van der Waals surface area contributed by atoms with Gasteiger partial charge in [0.2, 0.25) is 47.3 Å². The molecule has 29 nitrogen and oxygen atoms in total. The Hall–Kier alpha value is -10.6. The first kappa shape index (κ1) is 75.6. The molecule has 2 aromatic heterocycles. The molecule has 8 heterocycles. The Labute approximate surface area is 592 Å². The normalized spacial score (nSPS) is 22.1. The maximum Gasteiger partial charge on any atom is 0.326 e. The summed E-state index contributed by atoms with van der Waals surface area (Å²) >= 11 is 0. The number of rotatable bonds is 18. The quantitative estimate of drug-likeness (QED) is 0.0595. The van der Waals surface area contributed by atoms with E-state index < -0.39 is 126 Å². The number of hydrogen-bond acceptors (Lipinski definition) is 17. The van der Waals surface area contributed by atoms with Gasteiger partial charge in [0.15, 0.2) is 0 Å². The van der Waals surface area contributed by atoms with Crippen molar-refractivity contribution in [3.8, 4) is 11.5 Å². The number of nitrogens with one attached hydrogen (secondary N) is 7. The predicted octanol–water partition coefficient (Wildman–Crippen LogP) is 3.42. The lowest BCUT2D eigenvalue weighted by Crippen LogP contribution is -2.58. The van der Waals surface area contributed by atoms with Crippen molar-refractivity contribution in [3.63, 3.8) is 0 Å². The number of carbonyl (C=O) groups is 10. The second-order valence-corrected chi connectivity index (χ2v) is 27.4. The summed E-state index contributed by atoms with van der Waals surface area (Å²) in [5.74, 6) is -7.40. The lowest BCUT2D eigenvalue weighted by atomic mass is 10.00. The number of carbonyl (C=O) groups excluding carboxylic acids is 8. The smallest absolute Gasteiger partial charge is 0.326 e. The first-order valence-corrected chi connectivity index (χ1v) is 34.7. The van der Waals surface area contributed by atoms with E-state index in [0.717, 1.165) is 0 Å². The number of aliphatic carboxylic acids is 2. The van der Waals surface area contributed by atoms with Crippen molar-refractivity contribution in [2.24, 2.45) is 17.8 Å². The van der Waals surface area contributed by atoms with Crippen molar-refractivity contribution in [2.75, 3.05) is 20.1 Å². The molecule has 12 bridgehead atoms. The second kappa shape index (κ2) is 35.1. The highest BCUT2D eigenvalue weighted by Gasteiger charge is 2.47. The van der Waals surface area contributed by atoms with Gasteiger partial charge in [-0.2, -0.15) is 0 Å². The molecule has 6 aliphatic rings. The number of carboxylic acid groups (broad SMARTS) is 2. The lowest BCUT2D eigenvalue weighted by molar-refractivity contribution is -0.144. The van der Waals surface area contributed by atoms with Gasteiger partial charge < -0.3 is 66.7 Å². The van der Waals surface area contributed by atoms with Gasteiger partial charge in [0.05, 0.1) is 30.5 Å². The number of ether oxygens (including phenoxy) is 2. The van der Waals surface area contributed by atoms with Crippen molar-refractivity contribution in [1.82, 2.24) is 77.0 Å². The summed E-state index contributed by atoms with van der Waals surface area (Å²) in [5.41, 5.74) is 3.01. The van der Waals surface area contributed by atoms with Crippen LogP contribution in [-0.4, -0.2) is 184 Å². The molecular weight excluding hydrogens is 1310 g/mol. The molecule has 6 aliphatic heterocycles. The van der Waals surface area contributed by atoms with E-state index in [1.165, 1.54) is 19.2 Å². The van der Waals surface area contributed by atoms with Crippen LogP contribution in [0, 0.1) is 17.8 Å². The van der Waals surface area contributed by atoms with Crippen LogP contribution in [0.1, 0.15) is 126 Å². The maximum absolute atomic E-state index is 15.0. The third-order valence-corrected chi connectivity index (χ3v) is 18.7. The van der Waals surface area contributed by atoms with Crippen molar-refractivity contribution in [3.05, 3.63) is 155 Å². The average Bonchev–Trinajstić information content (AvgIpc) is 1.65. The monoisotopic (exact) mass is 1400 g/mol. The topological polar surface area (TPSA) is 382 Å². The van der Waals surface area contributed by atoms with E-state index in [-0.39, 0.29) is 95.4 Å². The number of amides is 8. The second-order valence-electron chi connectivity index (χ2n) is 27.4. The van der Waals surface area contributed by atoms with Crippen LogP contribution in [0.5, 0.6) is 11.5 Å². The van der Waals surface area contributed by atoms with E-state index in [2.05, 4.69) is 57.8 Å². The highest BCUT2D eigenvalue weighted by Crippen LogP contribution is 2.32. The van der Waals surface area contributed by atoms with E-state index in [0.29, 0.717) is 51.6 Å². The van der Waals surface area contributed by atoms with Gasteiger partial charge >= 0.3 is 11.9 Å². The Balaban J connectivity index is 1.03. The van der Waals surface area contributed by atoms with Crippen molar-refractivity contribution in [2.45, 2.75) is 186 Å². The minimum absolute atomic E-state index is 0.00503. The predicted molar refractivity (Wildman–Crippen MR) is 371 cm³/mol. The van der Waals surface area contributed by atoms with Gasteiger partial charge in [0.25, 0.3) is 0 Å². The fourth-order valence-corrected chi connectivity index (χ4v) is 12.7. The molecule has 2 saturated heterocycles. The third-order valence-electron chi connectivity index (χ3n) is 18.7. The highest BCUT2D eigenvalue weighted by atomic mass is 16.5. The SMILES string of the molecule is CC[C@@H](C)C(=O)N[C@@H](CC(C)C)C(=O)N1C[C@@H]2C[C@H]1C(=O)N[C@@H](Cc1ccccc1)C(=O)N[C@H](C(=O)O)Cc1ccc(cc1)OCc1cn(nn1)[C@H]1C[C@@H](C(=O)N[C@@H](Cc3ccccc3)C(=O)N[C@H](C(=O)O)Cc3ccc(cc3)OCc3cn2nn3)N(C(=O)[C@H](CC(C)C)NC(=O)[C@H](C)NC)C1. The Morgan fingerprint density at radius 2 is 0.931 bits per heavy atom. The van der Waals surface area contributed by atoms with Gasteiger partial charge in [-0.25, -0.2) is 19.0 Å². The minimum atomic E-state index is -1.49. The summed E-state index contributed by atoms with van der Waals surface area (Å²) in [7, 11) is 1.61. The van der Waals surface area contributed by atoms with Crippen LogP contribution < -0.4 is 46.7 Å². The molecule has 4 aromatic carbocycles. The first-order valence-electron chi connectivity index (χ1n) is 34.7. The van der Waals surface area contributed by atoms with Gasteiger partial charge in [-0.3, -0.25) is 38.4 Å². The zero-order chi connectivity index (χ0) is 73.3. The summed E-state index contributed by atoms with van der Waals surface area (Å²) in [6, 6.07) is 18.5. The van der Waals surface area contributed by atoms with Crippen LogP contribution in [-0.2, 0) is 86.8 Å². The van der Waals surface area contributed by atoms with E-state index in [4.69, 9.17) is 9.47 Å². The Bertz CT molecular complexity index is 3640. The molecule has 9 N–H and O–H groups in total.